The fourth-order valence-electron chi connectivity index (χ4n) is 0.690. The third kappa shape index (κ3) is 3.37. The van der Waals surface area contributed by atoms with Gasteiger partial charge in [-0.1, -0.05) is 12.1 Å². The molecule has 0 aromatic heterocycles. The van der Waals surface area contributed by atoms with E-state index in [1.807, 2.05) is 20.8 Å². The topological polar surface area (TPSA) is 44.6 Å². The van der Waals surface area contributed by atoms with Crippen molar-refractivity contribution < 1.29 is 5.21 Å². The Kier molecular flexibility index (Phi) is 4.11. The van der Waals surface area contributed by atoms with Crippen LogP contribution in [0, 0.1) is 0 Å². The van der Waals surface area contributed by atoms with Gasteiger partial charge in [-0.15, -0.1) is 0 Å². The van der Waals surface area contributed by atoms with Crippen LogP contribution in [0.1, 0.15) is 34.1 Å². The summed E-state index contributed by atoms with van der Waals surface area (Å²) in [5.41, 5.74) is 0.524. The van der Waals surface area contributed by atoms with Gasteiger partial charge in [0.1, 0.15) is 0 Å². The predicted octanol–water partition coefficient (Wildman–Crippen LogP) is 1.61. The lowest BCUT2D eigenvalue weighted by Crippen LogP contribution is -2.45. The number of rotatable bonds is 4. The van der Waals surface area contributed by atoms with E-state index >= 15 is 0 Å². The lowest BCUT2D eigenvalue weighted by atomic mass is 10.00. The number of oxime groups is 1. The fraction of sp³-hybridized carbons (Fsp3) is 0.875. The van der Waals surface area contributed by atoms with Crippen molar-refractivity contribution in [3.63, 3.8) is 0 Å². The van der Waals surface area contributed by atoms with E-state index in [0.29, 0.717) is 5.71 Å². The molecule has 0 aromatic carbocycles. The van der Waals surface area contributed by atoms with Gasteiger partial charge >= 0.3 is 0 Å². The molecule has 0 aliphatic heterocycles. The van der Waals surface area contributed by atoms with Gasteiger partial charge in [0.25, 0.3) is 0 Å². The van der Waals surface area contributed by atoms with E-state index in [-0.39, 0.29) is 5.54 Å². The Morgan fingerprint density at radius 1 is 1.55 bits per heavy atom. The number of nitrogens with zero attached hydrogens (tertiary/aromatic N) is 1. The highest BCUT2D eigenvalue weighted by molar-refractivity contribution is 5.90. The van der Waals surface area contributed by atoms with E-state index in [1.54, 1.807) is 0 Å². The van der Waals surface area contributed by atoms with Crippen molar-refractivity contribution in [3.8, 4) is 0 Å². The first-order valence-corrected chi connectivity index (χ1v) is 3.98. The molecule has 0 aliphatic carbocycles. The molecule has 0 heterocycles. The molecule has 0 fully saturated rings. The summed E-state index contributed by atoms with van der Waals surface area (Å²) >= 11 is 0. The van der Waals surface area contributed by atoms with Crippen LogP contribution in [0.5, 0.6) is 0 Å². The summed E-state index contributed by atoms with van der Waals surface area (Å²) in [6.45, 7) is 8.85. The van der Waals surface area contributed by atoms with E-state index in [4.69, 9.17) is 5.21 Å². The first kappa shape index (κ1) is 10.4. The van der Waals surface area contributed by atoms with Gasteiger partial charge in [0.2, 0.25) is 0 Å². The first-order chi connectivity index (χ1) is 5.04. The van der Waals surface area contributed by atoms with Crippen molar-refractivity contribution in [2.75, 3.05) is 6.54 Å². The predicted molar refractivity (Wildman–Crippen MR) is 47.3 cm³/mol. The third-order valence-electron chi connectivity index (χ3n) is 1.87. The van der Waals surface area contributed by atoms with Gasteiger partial charge < -0.3 is 10.5 Å². The van der Waals surface area contributed by atoms with Crippen LogP contribution in [0.25, 0.3) is 0 Å². The van der Waals surface area contributed by atoms with Crippen LogP contribution in [0.3, 0.4) is 0 Å². The maximum atomic E-state index is 8.52. The van der Waals surface area contributed by atoms with Crippen molar-refractivity contribution in [1.82, 2.24) is 5.32 Å². The highest BCUT2D eigenvalue weighted by Gasteiger charge is 2.20. The monoisotopic (exact) mass is 158 g/mol. The highest BCUT2D eigenvalue weighted by atomic mass is 16.4. The molecule has 3 heteroatoms. The second-order valence-corrected chi connectivity index (χ2v) is 3.24. The molecule has 0 spiro atoms. The van der Waals surface area contributed by atoms with Gasteiger partial charge in [0.15, 0.2) is 0 Å². The van der Waals surface area contributed by atoms with Crippen LogP contribution in [-0.4, -0.2) is 23.0 Å². The van der Waals surface area contributed by atoms with Crippen molar-refractivity contribution in [1.29, 1.82) is 0 Å². The van der Waals surface area contributed by atoms with Gasteiger partial charge in [-0.3, -0.25) is 0 Å². The minimum absolute atomic E-state index is 0.190. The SMILES string of the molecule is CCCNC(C)(C)/C(C)=N\O. The average Bonchev–Trinajstić information content (AvgIpc) is 1.99. The van der Waals surface area contributed by atoms with Gasteiger partial charge in [0, 0.05) is 0 Å². The molecule has 3 nitrogen and oxygen atoms in total. The molecule has 66 valence electrons. The number of hydrogen-bond donors (Lipinski definition) is 2. The van der Waals surface area contributed by atoms with E-state index in [2.05, 4.69) is 17.4 Å². The van der Waals surface area contributed by atoms with Gasteiger partial charge in [-0.05, 0) is 33.7 Å². The fourth-order valence-corrected chi connectivity index (χ4v) is 0.690. The minimum atomic E-state index is -0.190. The molecule has 0 radical (unpaired) electrons. The zero-order valence-corrected chi connectivity index (χ0v) is 7.81. The Morgan fingerprint density at radius 2 is 2.09 bits per heavy atom. The Balaban J connectivity index is 3.99. The van der Waals surface area contributed by atoms with Crippen LogP contribution in [0.4, 0.5) is 0 Å². The summed E-state index contributed by atoms with van der Waals surface area (Å²) in [6, 6.07) is 0. The summed E-state index contributed by atoms with van der Waals surface area (Å²) in [6.07, 6.45) is 1.09. The molecule has 0 aliphatic rings. The molecule has 0 unspecified atom stereocenters. The maximum Gasteiger partial charge on any atom is 0.0734 e. The normalized spacial score (nSPS) is 13.6. The van der Waals surface area contributed by atoms with Crippen molar-refractivity contribution in [2.24, 2.45) is 5.16 Å². The molecule has 0 rings (SSSR count). The van der Waals surface area contributed by atoms with Crippen LogP contribution < -0.4 is 5.32 Å². The Hall–Kier alpha value is -0.570. The molecule has 0 saturated heterocycles. The molecule has 0 atom stereocenters. The van der Waals surface area contributed by atoms with Crippen molar-refractivity contribution in [2.45, 2.75) is 39.7 Å². The minimum Gasteiger partial charge on any atom is -0.411 e. The van der Waals surface area contributed by atoms with Crippen LogP contribution >= 0.6 is 0 Å². The molecule has 11 heavy (non-hydrogen) atoms. The van der Waals surface area contributed by atoms with E-state index in [0.717, 1.165) is 13.0 Å². The summed E-state index contributed by atoms with van der Waals surface area (Å²) in [7, 11) is 0. The quantitative estimate of drug-likeness (QED) is 0.371. The van der Waals surface area contributed by atoms with E-state index in [1.165, 1.54) is 0 Å². The first-order valence-electron chi connectivity index (χ1n) is 3.98. The number of nitrogens with one attached hydrogen (secondary N) is 1. The molecule has 0 bridgehead atoms. The van der Waals surface area contributed by atoms with Gasteiger partial charge in [-0.25, -0.2) is 0 Å². The molecule has 0 saturated carbocycles. The Bertz CT molecular complexity index is 141. The van der Waals surface area contributed by atoms with Crippen LogP contribution in [0.15, 0.2) is 5.16 Å². The second-order valence-electron chi connectivity index (χ2n) is 3.24. The van der Waals surface area contributed by atoms with Gasteiger partial charge in [0.05, 0.1) is 11.3 Å². The van der Waals surface area contributed by atoms with Crippen LogP contribution in [-0.2, 0) is 0 Å². The summed E-state index contributed by atoms with van der Waals surface area (Å²) in [5, 5.41) is 15.0. The maximum absolute atomic E-state index is 8.52. The van der Waals surface area contributed by atoms with Crippen LogP contribution in [0.2, 0.25) is 0 Å². The molecular formula is C8H18N2O. The third-order valence-corrected chi connectivity index (χ3v) is 1.87. The van der Waals surface area contributed by atoms with Gasteiger partial charge in [-0.2, -0.15) is 0 Å². The lowest BCUT2D eigenvalue weighted by Gasteiger charge is -2.24. The smallest absolute Gasteiger partial charge is 0.0734 e. The Labute approximate surface area is 68.5 Å². The van der Waals surface area contributed by atoms with E-state index in [9.17, 15) is 0 Å². The Morgan fingerprint density at radius 3 is 2.45 bits per heavy atom. The summed E-state index contributed by atoms with van der Waals surface area (Å²) in [4.78, 5) is 0. The zero-order valence-electron chi connectivity index (χ0n) is 7.81. The molecule has 0 amide bonds. The summed E-state index contributed by atoms with van der Waals surface area (Å²) < 4.78 is 0. The van der Waals surface area contributed by atoms with Crippen molar-refractivity contribution >= 4 is 5.71 Å². The molecular weight excluding hydrogens is 140 g/mol. The van der Waals surface area contributed by atoms with E-state index < -0.39 is 0 Å². The van der Waals surface area contributed by atoms with Crippen molar-refractivity contribution in [3.05, 3.63) is 0 Å². The second kappa shape index (κ2) is 4.34. The summed E-state index contributed by atoms with van der Waals surface area (Å²) in [5.74, 6) is 0. The molecule has 0 aromatic rings. The highest BCUT2D eigenvalue weighted by Crippen LogP contribution is 2.04. The standard InChI is InChI=1S/C8H18N2O/c1-5-6-9-8(3,4)7(2)10-11/h9,11H,5-6H2,1-4H3/b10-7-. The largest absolute Gasteiger partial charge is 0.411 e. The molecule has 2 N–H and O–H groups in total. The lowest BCUT2D eigenvalue weighted by molar-refractivity contribution is 0.310. The number of hydrogen-bond acceptors (Lipinski definition) is 3. The zero-order chi connectivity index (χ0) is 8.91. The average molecular weight is 158 g/mol.